The first kappa shape index (κ1) is 23.0. The Bertz CT molecular complexity index is 1500. The maximum absolute atomic E-state index is 13.4. The average molecular weight is 504 g/mol. The van der Waals surface area contributed by atoms with Crippen LogP contribution in [0.4, 0.5) is 11.5 Å². The molecule has 2 aromatic heterocycles. The van der Waals surface area contributed by atoms with Gasteiger partial charge < -0.3 is 10.3 Å². The first-order chi connectivity index (χ1) is 15.6. The molecule has 0 amide bonds. The maximum atomic E-state index is 13.4. The van der Waals surface area contributed by atoms with Crippen LogP contribution in [-0.2, 0) is 10.0 Å². The predicted molar refractivity (Wildman–Crippen MR) is 129 cm³/mol. The van der Waals surface area contributed by atoms with Crippen molar-refractivity contribution in [2.24, 2.45) is 0 Å². The fraction of sp³-hybridized carbons (Fsp3) is 0.136. The maximum Gasteiger partial charge on any atom is 0.261 e. The molecule has 2 aromatic carbocycles. The van der Waals surface area contributed by atoms with Crippen LogP contribution in [-0.4, -0.2) is 28.7 Å². The third-order valence-electron chi connectivity index (χ3n) is 5.02. The molecular formula is C22H19Cl2N5O3S. The van der Waals surface area contributed by atoms with Crippen molar-refractivity contribution in [3.8, 4) is 0 Å². The minimum atomic E-state index is -3.96. The smallest absolute Gasteiger partial charge is 0.261 e. The summed E-state index contributed by atoms with van der Waals surface area (Å²) in [6, 6.07) is 10.2. The van der Waals surface area contributed by atoms with Crippen LogP contribution >= 0.6 is 23.2 Å². The zero-order valence-corrected chi connectivity index (χ0v) is 19.9. The summed E-state index contributed by atoms with van der Waals surface area (Å²) in [4.78, 5) is 21.6. The van der Waals surface area contributed by atoms with Crippen LogP contribution < -0.4 is 10.5 Å². The lowest BCUT2D eigenvalue weighted by Crippen LogP contribution is -2.13. The number of sulfonamides is 1. The number of carbonyl (C=O) groups excluding carboxylic acids is 1. The molecule has 0 saturated heterocycles. The second-order valence-electron chi connectivity index (χ2n) is 7.59. The molecule has 4 aromatic rings. The van der Waals surface area contributed by atoms with Crippen LogP contribution in [0.1, 0.15) is 35.8 Å². The summed E-state index contributed by atoms with van der Waals surface area (Å²) >= 11 is 11.8. The van der Waals surface area contributed by atoms with Crippen molar-refractivity contribution < 1.29 is 13.2 Å². The van der Waals surface area contributed by atoms with Crippen molar-refractivity contribution in [2.45, 2.75) is 24.8 Å². The van der Waals surface area contributed by atoms with E-state index in [4.69, 9.17) is 28.9 Å². The molecule has 0 spiro atoms. The van der Waals surface area contributed by atoms with Gasteiger partial charge in [-0.3, -0.25) is 9.52 Å². The number of anilines is 2. The Morgan fingerprint density at radius 1 is 1.09 bits per heavy atom. The first-order valence-corrected chi connectivity index (χ1v) is 12.1. The quantitative estimate of drug-likeness (QED) is 0.359. The number of nitrogen functional groups attached to an aromatic ring is 1. The highest BCUT2D eigenvalue weighted by molar-refractivity contribution is 7.92. The summed E-state index contributed by atoms with van der Waals surface area (Å²) in [6.07, 6.45) is 3.04. The Labute approximate surface area is 200 Å². The van der Waals surface area contributed by atoms with Crippen molar-refractivity contribution in [1.29, 1.82) is 0 Å². The molecule has 11 heteroatoms. The van der Waals surface area contributed by atoms with Gasteiger partial charge in [0.15, 0.2) is 5.78 Å². The molecule has 0 aliphatic rings. The van der Waals surface area contributed by atoms with Gasteiger partial charge in [-0.1, -0.05) is 35.3 Å². The fourth-order valence-corrected chi connectivity index (χ4v) is 4.85. The third kappa shape index (κ3) is 4.39. The molecule has 0 atom stereocenters. The Morgan fingerprint density at radius 3 is 2.55 bits per heavy atom. The van der Waals surface area contributed by atoms with E-state index in [0.29, 0.717) is 16.6 Å². The second kappa shape index (κ2) is 8.66. The van der Waals surface area contributed by atoms with Gasteiger partial charge in [0, 0.05) is 23.5 Å². The lowest BCUT2D eigenvalue weighted by Gasteiger charge is -2.10. The largest absolute Gasteiger partial charge is 0.383 e. The molecule has 0 unspecified atom stereocenters. The van der Waals surface area contributed by atoms with E-state index >= 15 is 0 Å². The van der Waals surface area contributed by atoms with Gasteiger partial charge in [-0.2, -0.15) is 0 Å². The number of fused-ring (bicyclic) bond motifs is 1. The molecule has 2 heterocycles. The van der Waals surface area contributed by atoms with Crippen molar-refractivity contribution in [3.05, 3.63) is 76.2 Å². The van der Waals surface area contributed by atoms with Gasteiger partial charge in [0.25, 0.3) is 10.0 Å². The molecule has 4 rings (SSSR count). The number of nitrogens with two attached hydrogens (primary N) is 1. The molecule has 0 fully saturated rings. The van der Waals surface area contributed by atoms with E-state index in [-0.39, 0.29) is 43.8 Å². The molecule has 33 heavy (non-hydrogen) atoms. The van der Waals surface area contributed by atoms with Crippen LogP contribution in [0.15, 0.2) is 59.9 Å². The third-order valence-corrected chi connectivity index (χ3v) is 7.14. The number of ketones is 1. The Kier molecular flexibility index (Phi) is 6.04. The van der Waals surface area contributed by atoms with Gasteiger partial charge in [-0.25, -0.2) is 18.4 Å². The molecule has 3 N–H and O–H groups in total. The van der Waals surface area contributed by atoms with Crippen LogP contribution in [0, 0.1) is 0 Å². The van der Waals surface area contributed by atoms with E-state index in [2.05, 4.69) is 14.7 Å². The first-order valence-electron chi connectivity index (χ1n) is 9.82. The normalized spacial score (nSPS) is 11.8. The highest BCUT2D eigenvalue weighted by Gasteiger charge is 2.22. The fourth-order valence-electron chi connectivity index (χ4n) is 3.41. The Balaban J connectivity index is 1.72. The van der Waals surface area contributed by atoms with Crippen LogP contribution in [0.25, 0.3) is 11.0 Å². The number of carbonyl (C=O) groups is 1. The lowest BCUT2D eigenvalue weighted by molar-refractivity contribution is 0.104. The minimum Gasteiger partial charge on any atom is -0.383 e. The number of rotatable bonds is 6. The molecular weight excluding hydrogens is 485 g/mol. The number of benzene rings is 2. The Hall–Kier alpha value is -3.14. The highest BCUT2D eigenvalue weighted by atomic mass is 35.5. The van der Waals surface area contributed by atoms with Crippen molar-refractivity contribution >= 4 is 61.5 Å². The molecule has 170 valence electrons. The van der Waals surface area contributed by atoms with Crippen molar-refractivity contribution in [1.82, 2.24) is 14.5 Å². The van der Waals surface area contributed by atoms with E-state index in [1.165, 1.54) is 30.6 Å². The van der Waals surface area contributed by atoms with E-state index < -0.39 is 10.0 Å². The van der Waals surface area contributed by atoms with Crippen LogP contribution in [0.2, 0.25) is 10.0 Å². The molecule has 0 bridgehead atoms. The van der Waals surface area contributed by atoms with Crippen molar-refractivity contribution in [3.63, 3.8) is 0 Å². The number of nitrogens with zero attached hydrogens (tertiary/aromatic N) is 3. The minimum absolute atomic E-state index is 0.0349. The van der Waals surface area contributed by atoms with E-state index in [1.807, 2.05) is 18.4 Å². The summed E-state index contributed by atoms with van der Waals surface area (Å²) in [6.45, 7) is 3.93. The van der Waals surface area contributed by atoms with Gasteiger partial charge in [0.2, 0.25) is 0 Å². The zero-order chi connectivity index (χ0) is 23.9. The molecule has 0 aliphatic carbocycles. The number of hydrogen-bond donors (Lipinski definition) is 2. The van der Waals surface area contributed by atoms with Crippen molar-refractivity contribution in [2.75, 3.05) is 10.5 Å². The standard InChI is InChI=1S/C22H19Cl2N5O3S/c1-12(2)29-10-16(19-21(25)26-11-27-22(19)29)20(30)13-4-3-5-14(8-13)28-33(31,32)15-6-7-17(23)18(24)9-15/h3-12,28H,1-2H3,(H2,25,26,27). The van der Waals surface area contributed by atoms with E-state index in [1.54, 1.807) is 24.4 Å². The van der Waals surface area contributed by atoms with E-state index in [9.17, 15) is 13.2 Å². The van der Waals surface area contributed by atoms with Gasteiger partial charge in [-0.05, 0) is 44.2 Å². The second-order valence-corrected chi connectivity index (χ2v) is 10.1. The molecule has 8 nitrogen and oxygen atoms in total. The van der Waals surface area contributed by atoms with Gasteiger partial charge in [-0.15, -0.1) is 0 Å². The van der Waals surface area contributed by atoms with Crippen LogP contribution in [0.3, 0.4) is 0 Å². The number of nitrogens with one attached hydrogen (secondary N) is 1. The number of hydrogen-bond acceptors (Lipinski definition) is 6. The highest BCUT2D eigenvalue weighted by Crippen LogP contribution is 2.30. The lowest BCUT2D eigenvalue weighted by atomic mass is 10.0. The van der Waals surface area contributed by atoms with Gasteiger partial charge >= 0.3 is 0 Å². The summed E-state index contributed by atoms with van der Waals surface area (Å²) < 4.78 is 29.9. The van der Waals surface area contributed by atoms with Crippen LogP contribution in [0.5, 0.6) is 0 Å². The van der Waals surface area contributed by atoms with Gasteiger partial charge in [0.05, 0.1) is 25.9 Å². The van der Waals surface area contributed by atoms with E-state index in [0.717, 1.165) is 0 Å². The molecule has 0 radical (unpaired) electrons. The number of aromatic nitrogens is 3. The SMILES string of the molecule is CC(C)n1cc(C(=O)c2cccc(NS(=O)(=O)c3ccc(Cl)c(Cl)c3)c2)c2c(N)ncnc21. The van der Waals surface area contributed by atoms with Gasteiger partial charge in [0.1, 0.15) is 17.8 Å². The topological polar surface area (TPSA) is 120 Å². The monoisotopic (exact) mass is 503 g/mol. The average Bonchev–Trinajstić information content (AvgIpc) is 3.16. The Morgan fingerprint density at radius 2 is 1.85 bits per heavy atom. The summed E-state index contributed by atoms with van der Waals surface area (Å²) in [5.41, 5.74) is 7.43. The number of halogens is 2. The summed E-state index contributed by atoms with van der Waals surface area (Å²) in [5, 5.41) is 0.815. The molecule has 0 aliphatic heterocycles. The predicted octanol–water partition coefficient (Wildman–Crippen LogP) is 4.93. The summed E-state index contributed by atoms with van der Waals surface area (Å²) in [7, 11) is -3.96. The zero-order valence-electron chi connectivity index (χ0n) is 17.6. The molecule has 0 saturated carbocycles. The summed E-state index contributed by atoms with van der Waals surface area (Å²) in [5.74, 6) is -0.143.